The maximum absolute atomic E-state index is 15.2. The van der Waals surface area contributed by atoms with E-state index in [1.54, 1.807) is 12.1 Å². The number of aryl methyl sites for hydroxylation is 3. The summed E-state index contributed by atoms with van der Waals surface area (Å²) in [4.78, 5) is 0. The quantitative estimate of drug-likeness (QED) is 0.267. The molecule has 0 spiro atoms. The van der Waals surface area contributed by atoms with E-state index in [0.717, 1.165) is 29.2 Å². The standard InChI is InChI=1S/C31H35ClF2/c1-2-3-4-5-22-6-8-23(9-7-22)10-11-24-13-18-28-27(20-24)17-16-26(31(28)34)15-12-25-14-19-29(32)30(33)21-25/h2-3,13-14,16-23H,4-12,15H2,1H3/b3-2+. The molecule has 3 aromatic rings. The van der Waals surface area contributed by atoms with Gasteiger partial charge in [0.05, 0.1) is 5.02 Å². The van der Waals surface area contributed by atoms with Crippen molar-refractivity contribution in [1.82, 2.24) is 0 Å². The van der Waals surface area contributed by atoms with Crippen LogP contribution >= 0.6 is 11.6 Å². The first-order valence-corrected chi connectivity index (χ1v) is 13.2. The van der Waals surface area contributed by atoms with Gasteiger partial charge in [-0.1, -0.05) is 85.8 Å². The molecule has 3 aromatic carbocycles. The van der Waals surface area contributed by atoms with Crippen LogP contribution in [0.15, 0.2) is 60.7 Å². The Bertz CT molecular complexity index is 1130. The molecule has 1 aliphatic rings. The Hall–Kier alpha value is -2.19. The lowest BCUT2D eigenvalue weighted by molar-refractivity contribution is 0.254. The number of fused-ring (bicyclic) bond motifs is 1. The van der Waals surface area contributed by atoms with Crippen molar-refractivity contribution in [2.45, 2.75) is 71.1 Å². The molecule has 0 aliphatic heterocycles. The molecule has 0 N–H and O–H groups in total. The van der Waals surface area contributed by atoms with Crippen LogP contribution < -0.4 is 0 Å². The van der Waals surface area contributed by atoms with Crippen LogP contribution in [-0.2, 0) is 19.3 Å². The third-order valence-corrected chi connectivity index (χ3v) is 7.86. The molecule has 0 nitrogen and oxygen atoms in total. The molecular weight excluding hydrogens is 446 g/mol. The lowest BCUT2D eigenvalue weighted by Crippen LogP contribution is -2.15. The maximum atomic E-state index is 15.2. The Labute approximate surface area is 208 Å². The molecule has 3 heteroatoms. The molecule has 34 heavy (non-hydrogen) atoms. The monoisotopic (exact) mass is 480 g/mol. The fourth-order valence-corrected chi connectivity index (χ4v) is 5.50. The molecule has 0 bridgehead atoms. The summed E-state index contributed by atoms with van der Waals surface area (Å²) in [5.41, 5.74) is 2.79. The zero-order valence-electron chi connectivity index (χ0n) is 20.1. The fraction of sp³-hybridized carbons (Fsp3) is 0.419. The summed E-state index contributed by atoms with van der Waals surface area (Å²) in [6.45, 7) is 2.10. The third-order valence-electron chi connectivity index (χ3n) is 7.55. The Morgan fingerprint density at radius 2 is 1.53 bits per heavy atom. The molecule has 0 unspecified atom stereocenters. The SMILES string of the molecule is C/C=C/CCC1CCC(CCc2ccc3c(F)c(CCc4ccc(Cl)c(F)c4)ccc3c2)CC1. The highest BCUT2D eigenvalue weighted by Gasteiger charge is 2.20. The van der Waals surface area contributed by atoms with E-state index in [-0.39, 0.29) is 10.8 Å². The van der Waals surface area contributed by atoms with E-state index >= 15 is 4.39 Å². The van der Waals surface area contributed by atoms with Crippen LogP contribution in [0.4, 0.5) is 8.78 Å². The Morgan fingerprint density at radius 3 is 2.26 bits per heavy atom. The summed E-state index contributed by atoms with van der Waals surface area (Å²) < 4.78 is 28.9. The van der Waals surface area contributed by atoms with E-state index in [2.05, 4.69) is 31.2 Å². The van der Waals surface area contributed by atoms with E-state index in [1.165, 1.54) is 56.6 Å². The third kappa shape index (κ3) is 6.48. The Balaban J connectivity index is 1.32. The van der Waals surface area contributed by atoms with Gasteiger partial charge in [-0.15, -0.1) is 0 Å². The summed E-state index contributed by atoms with van der Waals surface area (Å²) in [7, 11) is 0. The van der Waals surface area contributed by atoms with Gasteiger partial charge in [-0.05, 0) is 91.5 Å². The molecule has 4 rings (SSSR count). The lowest BCUT2D eigenvalue weighted by Gasteiger charge is -2.28. The topological polar surface area (TPSA) is 0 Å². The molecular formula is C31H35ClF2. The average molecular weight is 481 g/mol. The summed E-state index contributed by atoms with van der Waals surface area (Å²) in [6, 6.07) is 14.9. The van der Waals surface area contributed by atoms with Gasteiger partial charge in [0.1, 0.15) is 11.6 Å². The molecule has 180 valence electrons. The van der Waals surface area contributed by atoms with Gasteiger partial charge in [-0.2, -0.15) is 0 Å². The minimum absolute atomic E-state index is 0.115. The summed E-state index contributed by atoms with van der Waals surface area (Å²) >= 11 is 5.76. The number of halogens is 3. The normalized spacial score (nSPS) is 18.7. The highest BCUT2D eigenvalue weighted by Crippen LogP contribution is 2.34. The van der Waals surface area contributed by atoms with E-state index in [0.29, 0.717) is 23.8 Å². The number of benzene rings is 3. The smallest absolute Gasteiger partial charge is 0.142 e. The first-order valence-electron chi connectivity index (χ1n) is 12.8. The lowest BCUT2D eigenvalue weighted by atomic mass is 9.78. The molecule has 0 saturated heterocycles. The van der Waals surface area contributed by atoms with Gasteiger partial charge >= 0.3 is 0 Å². The van der Waals surface area contributed by atoms with Crippen molar-refractivity contribution in [3.05, 3.63) is 94.0 Å². The van der Waals surface area contributed by atoms with Crippen molar-refractivity contribution in [1.29, 1.82) is 0 Å². The largest absolute Gasteiger partial charge is 0.206 e. The van der Waals surface area contributed by atoms with Crippen LogP contribution in [0.1, 0.15) is 68.6 Å². The molecule has 1 fully saturated rings. The number of hydrogen-bond donors (Lipinski definition) is 0. The predicted octanol–water partition coefficient (Wildman–Crippen LogP) is 9.65. The fourth-order valence-electron chi connectivity index (χ4n) is 5.39. The van der Waals surface area contributed by atoms with Crippen molar-refractivity contribution < 1.29 is 8.78 Å². The second kappa shape index (κ2) is 12.0. The molecule has 0 amide bonds. The number of allylic oxidation sites excluding steroid dienone is 2. The summed E-state index contributed by atoms with van der Waals surface area (Å²) in [6.07, 6.45) is 15.9. The van der Waals surface area contributed by atoms with Crippen LogP contribution in [0.2, 0.25) is 5.02 Å². The maximum Gasteiger partial charge on any atom is 0.142 e. The minimum Gasteiger partial charge on any atom is -0.206 e. The second-order valence-electron chi connectivity index (χ2n) is 9.91. The highest BCUT2D eigenvalue weighted by atomic mass is 35.5. The van der Waals surface area contributed by atoms with Gasteiger partial charge in [0.2, 0.25) is 0 Å². The van der Waals surface area contributed by atoms with Gasteiger partial charge in [0.25, 0.3) is 0 Å². The molecule has 0 atom stereocenters. The van der Waals surface area contributed by atoms with Gasteiger partial charge < -0.3 is 0 Å². The molecule has 0 heterocycles. The van der Waals surface area contributed by atoms with E-state index in [9.17, 15) is 4.39 Å². The van der Waals surface area contributed by atoms with Gasteiger partial charge in [-0.25, -0.2) is 8.78 Å². The highest BCUT2D eigenvalue weighted by molar-refractivity contribution is 6.30. The average Bonchev–Trinajstić information content (AvgIpc) is 2.85. The van der Waals surface area contributed by atoms with Crippen LogP contribution in [0.5, 0.6) is 0 Å². The van der Waals surface area contributed by atoms with Crippen LogP contribution in [0, 0.1) is 23.5 Å². The van der Waals surface area contributed by atoms with E-state index < -0.39 is 5.82 Å². The number of rotatable bonds is 9. The second-order valence-corrected chi connectivity index (χ2v) is 10.3. The number of hydrogen-bond acceptors (Lipinski definition) is 0. The zero-order valence-corrected chi connectivity index (χ0v) is 20.9. The van der Waals surface area contributed by atoms with Crippen molar-refractivity contribution in [3.63, 3.8) is 0 Å². The molecule has 0 radical (unpaired) electrons. The molecule has 1 saturated carbocycles. The van der Waals surface area contributed by atoms with E-state index in [4.69, 9.17) is 11.6 Å². The Morgan fingerprint density at radius 1 is 0.824 bits per heavy atom. The van der Waals surface area contributed by atoms with Crippen molar-refractivity contribution in [2.75, 3.05) is 0 Å². The predicted molar refractivity (Wildman–Crippen MR) is 141 cm³/mol. The van der Waals surface area contributed by atoms with Gasteiger partial charge in [-0.3, -0.25) is 0 Å². The van der Waals surface area contributed by atoms with Crippen LogP contribution in [0.25, 0.3) is 10.8 Å². The van der Waals surface area contributed by atoms with E-state index in [1.807, 2.05) is 18.2 Å². The molecule has 1 aliphatic carbocycles. The minimum atomic E-state index is -0.428. The van der Waals surface area contributed by atoms with Crippen molar-refractivity contribution >= 4 is 22.4 Å². The van der Waals surface area contributed by atoms with Crippen LogP contribution in [-0.4, -0.2) is 0 Å². The van der Waals surface area contributed by atoms with Crippen molar-refractivity contribution in [2.24, 2.45) is 11.8 Å². The van der Waals surface area contributed by atoms with Crippen molar-refractivity contribution in [3.8, 4) is 0 Å². The Kier molecular flexibility index (Phi) is 8.78. The summed E-state index contributed by atoms with van der Waals surface area (Å²) in [5.74, 6) is 1.15. The van der Waals surface area contributed by atoms with Gasteiger partial charge in [0.15, 0.2) is 0 Å². The van der Waals surface area contributed by atoms with Crippen LogP contribution in [0.3, 0.4) is 0 Å². The first-order chi connectivity index (χ1) is 16.5. The van der Waals surface area contributed by atoms with Gasteiger partial charge in [0, 0.05) is 5.39 Å². The summed E-state index contributed by atoms with van der Waals surface area (Å²) in [5, 5.41) is 1.75. The molecule has 0 aromatic heterocycles. The first kappa shape index (κ1) is 24.9. The zero-order chi connectivity index (χ0) is 23.9.